The van der Waals surface area contributed by atoms with Crippen molar-refractivity contribution in [2.75, 3.05) is 13.1 Å². The lowest BCUT2D eigenvalue weighted by atomic mass is 9.64. The van der Waals surface area contributed by atoms with Crippen molar-refractivity contribution in [3.63, 3.8) is 0 Å². The summed E-state index contributed by atoms with van der Waals surface area (Å²) < 4.78 is 5.45. The normalized spacial score (nSPS) is 19.9. The van der Waals surface area contributed by atoms with Crippen molar-refractivity contribution in [2.24, 2.45) is 5.41 Å². The lowest BCUT2D eigenvalue weighted by Gasteiger charge is -2.48. The van der Waals surface area contributed by atoms with Crippen molar-refractivity contribution < 1.29 is 9.21 Å². The predicted octanol–water partition coefficient (Wildman–Crippen LogP) is 3.75. The SMILES string of the molecule is O=C(c1ocnc1-c1ccccc1)N1CCCC2(CCC2)C1. The Hall–Kier alpha value is -2.10. The minimum absolute atomic E-state index is 0.0117. The smallest absolute Gasteiger partial charge is 0.291 e. The van der Waals surface area contributed by atoms with E-state index in [-0.39, 0.29) is 5.91 Å². The maximum absolute atomic E-state index is 12.9. The van der Waals surface area contributed by atoms with E-state index in [0.29, 0.717) is 16.9 Å². The first-order valence-electron chi connectivity index (χ1n) is 8.06. The topological polar surface area (TPSA) is 46.3 Å². The second kappa shape index (κ2) is 5.27. The Kier molecular flexibility index (Phi) is 3.25. The molecule has 114 valence electrons. The minimum Gasteiger partial charge on any atom is -0.438 e. The number of nitrogens with zero attached hydrogens (tertiary/aromatic N) is 2. The van der Waals surface area contributed by atoms with Crippen LogP contribution in [0.15, 0.2) is 41.1 Å². The molecule has 0 radical (unpaired) electrons. The van der Waals surface area contributed by atoms with Gasteiger partial charge in [0.05, 0.1) is 0 Å². The molecule has 0 bridgehead atoms. The van der Waals surface area contributed by atoms with E-state index in [2.05, 4.69) is 4.98 Å². The Balaban J connectivity index is 1.60. The molecule has 1 spiro atoms. The molecule has 0 atom stereocenters. The zero-order valence-corrected chi connectivity index (χ0v) is 12.6. The van der Waals surface area contributed by atoms with Gasteiger partial charge < -0.3 is 9.32 Å². The van der Waals surface area contributed by atoms with Crippen LogP contribution < -0.4 is 0 Å². The van der Waals surface area contributed by atoms with Crippen LogP contribution in [0, 0.1) is 5.41 Å². The zero-order valence-electron chi connectivity index (χ0n) is 12.6. The summed E-state index contributed by atoms with van der Waals surface area (Å²) in [7, 11) is 0. The molecule has 0 N–H and O–H groups in total. The van der Waals surface area contributed by atoms with Crippen molar-refractivity contribution in [1.29, 1.82) is 0 Å². The second-order valence-electron chi connectivity index (χ2n) is 6.58. The van der Waals surface area contributed by atoms with E-state index in [9.17, 15) is 4.79 Å². The Morgan fingerprint density at radius 2 is 1.91 bits per heavy atom. The molecule has 1 saturated heterocycles. The first kappa shape index (κ1) is 13.6. The van der Waals surface area contributed by atoms with Crippen LogP contribution in [0.1, 0.15) is 42.7 Å². The number of carbonyl (C=O) groups is 1. The Bertz CT molecular complexity index is 673. The van der Waals surface area contributed by atoms with Crippen molar-refractivity contribution >= 4 is 5.91 Å². The molecule has 1 aliphatic carbocycles. The van der Waals surface area contributed by atoms with Crippen LogP contribution in [-0.2, 0) is 0 Å². The van der Waals surface area contributed by atoms with E-state index < -0.39 is 0 Å². The second-order valence-corrected chi connectivity index (χ2v) is 6.58. The van der Waals surface area contributed by atoms with Crippen LogP contribution in [0.2, 0.25) is 0 Å². The lowest BCUT2D eigenvalue weighted by molar-refractivity contribution is 0.0168. The van der Waals surface area contributed by atoms with Crippen molar-refractivity contribution in [3.8, 4) is 11.3 Å². The summed E-state index contributed by atoms with van der Waals surface area (Å²) in [5, 5.41) is 0. The van der Waals surface area contributed by atoms with Crippen LogP contribution in [0.3, 0.4) is 0 Å². The van der Waals surface area contributed by atoms with E-state index in [4.69, 9.17) is 4.42 Å². The summed E-state index contributed by atoms with van der Waals surface area (Å²) in [4.78, 5) is 19.1. The molecular formula is C18H20N2O2. The lowest BCUT2D eigenvalue weighted by Crippen LogP contribution is -2.49. The van der Waals surface area contributed by atoms with Gasteiger partial charge in [-0.2, -0.15) is 0 Å². The van der Waals surface area contributed by atoms with Crippen LogP contribution in [0.25, 0.3) is 11.3 Å². The summed E-state index contributed by atoms with van der Waals surface area (Å²) in [6.45, 7) is 1.70. The molecule has 2 aromatic rings. The molecule has 4 rings (SSSR count). The van der Waals surface area contributed by atoms with Gasteiger partial charge in [0.15, 0.2) is 6.39 Å². The molecule has 0 unspecified atom stereocenters. The molecular weight excluding hydrogens is 276 g/mol. The van der Waals surface area contributed by atoms with Crippen molar-refractivity contribution in [3.05, 3.63) is 42.5 Å². The van der Waals surface area contributed by atoms with Gasteiger partial charge in [-0.25, -0.2) is 4.98 Å². The van der Waals surface area contributed by atoms with Gasteiger partial charge >= 0.3 is 0 Å². The molecule has 1 aromatic heterocycles. The Morgan fingerprint density at radius 1 is 1.14 bits per heavy atom. The fourth-order valence-corrected chi connectivity index (χ4v) is 3.81. The first-order valence-corrected chi connectivity index (χ1v) is 8.06. The fraction of sp³-hybridized carbons (Fsp3) is 0.444. The molecule has 2 aliphatic rings. The maximum Gasteiger partial charge on any atom is 0.291 e. The third-order valence-electron chi connectivity index (χ3n) is 5.17. The van der Waals surface area contributed by atoms with Gasteiger partial charge in [0.25, 0.3) is 5.91 Å². The standard InChI is InChI=1S/C18H20N2O2/c21-17(20-11-5-10-18(12-20)8-4-9-18)16-15(19-13-22-16)14-6-2-1-3-7-14/h1-3,6-7,13H,4-5,8-12H2. The summed E-state index contributed by atoms with van der Waals surface area (Å²) in [5.74, 6) is 0.366. The first-order chi connectivity index (χ1) is 10.8. The number of piperidine rings is 1. The zero-order chi connectivity index (χ0) is 15.0. The van der Waals surface area contributed by atoms with Crippen LogP contribution in [-0.4, -0.2) is 28.9 Å². The number of aromatic nitrogens is 1. The molecule has 1 saturated carbocycles. The largest absolute Gasteiger partial charge is 0.438 e. The Morgan fingerprint density at radius 3 is 2.64 bits per heavy atom. The van der Waals surface area contributed by atoms with Crippen molar-refractivity contribution in [1.82, 2.24) is 9.88 Å². The van der Waals surface area contributed by atoms with Crippen LogP contribution >= 0.6 is 0 Å². The van der Waals surface area contributed by atoms with E-state index in [1.54, 1.807) is 0 Å². The molecule has 1 aliphatic heterocycles. The number of carbonyl (C=O) groups excluding carboxylic acids is 1. The number of hydrogen-bond donors (Lipinski definition) is 0. The number of oxazole rings is 1. The average molecular weight is 296 g/mol. The van der Waals surface area contributed by atoms with Gasteiger partial charge in [0.1, 0.15) is 5.69 Å². The molecule has 4 nitrogen and oxygen atoms in total. The fourth-order valence-electron chi connectivity index (χ4n) is 3.81. The number of amides is 1. The van der Waals surface area contributed by atoms with Gasteiger partial charge in [-0.15, -0.1) is 0 Å². The van der Waals surface area contributed by atoms with Gasteiger partial charge in [-0.1, -0.05) is 36.8 Å². The highest BCUT2D eigenvalue weighted by atomic mass is 16.3. The molecule has 4 heteroatoms. The van der Waals surface area contributed by atoms with E-state index in [0.717, 1.165) is 25.1 Å². The third-order valence-corrected chi connectivity index (χ3v) is 5.17. The molecule has 2 heterocycles. The minimum atomic E-state index is -0.0117. The summed E-state index contributed by atoms with van der Waals surface area (Å²) in [6, 6.07) is 9.76. The quantitative estimate of drug-likeness (QED) is 0.848. The predicted molar refractivity (Wildman–Crippen MR) is 83.4 cm³/mol. The summed E-state index contributed by atoms with van der Waals surface area (Å²) in [5.41, 5.74) is 1.97. The van der Waals surface area contributed by atoms with E-state index in [1.807, 2.05) is 35.2 Å². The van der Waals surface area contributed by atoms with Crippen molar-refractivity contribution in [2.45, 2.75) is 32.1 Å². The summed E-state index contributed by atoms with van der Waals surface area (Å²) >= 11 is 0. The molecule has 2 fully saturated rings. The third kappa shape index (κ3) is 2.23. The molecule has 1 amide bonds. The number of rotatable bonds is 2. The average Bonchev–Trinajstić information content (AvgIpc) is 3.03. The summed E-state index contributed by atoms with van der Waals surface area (Å²) in [6.07, 6.45) is 7.56. The highest BCUT2D eigenvalue weighted by molar-refractivity contribution is 5.97. The maximum atomic E-state index is 12.9. The Labute approximate surface area is 130 Å². The van der Waals surface area contributed by atoms with Gasteiger partial charge in [-0.3, -0.25) is 4.79 Å². The highest BCUT2D eigenvalue weighted by Gasteiger charge is 2.42. The monoisotopic (exact) mass is 296 g/mol. The van der Waals surface area contributed by atoms with E-state index >= 15 is 0 Å². The number of likely N-dealkylation sites (tertiary alicyclic amines) is 1. The van der Waals surface area contributed by atoms with Crippen LogP contribution in [0.5, 0.6) is 0 Å². The number of hydrogen-bond acceptors (Lipinski definition) is 3. The van der Waals surface area contributed by atoms with Gasteiger partial charge in [0.2, 0.25) is 5.76 Å². The van der Waals surface area contributed by atoms with E-state index in [1.165, 1.54) is 32.1 Å². The highest BCUT2D eigenvalue weighted by Crippen LogP contribution is 2.47. The molecule has 22 heavy (non-hydrogen) atoms. The number of benzene rings is 1. The van der Waals surface area contributed by atoms with Gasteiger partial charge in [-0.05, 0) is 31.1 Å². The molecule has 1 aromatic carbocycles. The van der Waals surface area contributed by atoms with Crippen LogP contribution in [0.4, 0.5) is 0 Å². The van der Waals surface area contributed by atoms with Gasteiger partial charge in [0, 0.05) is 18.7 Å².